The molecule has 1 heterocycles. The molecule has 1 fully saturated rings. The Hall–Kier alpha value is -0.240. The summed E-state index contributed by atoms with van der Waals surface area (Å²) in [5.74, 6) is 0. The summed E-state index contributed by atoms with van der Waals surface area (Å²) in [6, 6.07) is 0. The highest BCUT2D eigenvalue weighted by Gasteiger charge is 2.43. The number of aliphatic hydroxyl groups is 4. The maximum atomic E-state index is 10.4. The van der Waals surface area contributed by atoms with E-state index in [1.165, 1.54) is 0 Å². The first kappa shape index (κ1) is 3.63. The normalized spacial score (nSPS) is 76.8. The Bertz CT molecular complexity index is 1110. The Morgan fingerprint density at radius 1 is 1.10 bits per heavy atom. The van der Waals surface area contributed by atoms with Crippen LogP contribution in [0.5, 0.6) is 0 Å². The molecular formula is C14H28O6. The molecule has 1 aliphatic rings. The molecule has 0 aliphatic carbocycles. The summed E-state index contributed by atoms with van der Waals surface area (Å²) in [6.45, 7) is -13.4. The van der Waals surface area contributed by atoms with Crippen LogP contribution < -0.4 is 0 Å². The Morgan fingerprint density at radius 3 is 2.50 bits per heavy atom. The molecule has 6 heteroatoms. The van der Waals surface area contributed by atoms with Crippen molar-refractivity contribution in [3.05, 3.63) is 0 Å². The van der Waals surface area contributed by atoms with E-state index in [0.29, 0.717) is 0 Å². The predicted molar refractivity (Wildman–Crippen MR) is 73.1 cm³/mol. The van der Waals surface area contributed by atoms with Crippen LogP contribution in [0.3, 0.4) is 0 Å². The second-order valence-corrected chi connectivity index (χ2v) is 2.83. The number of rotatable bonds is 9. The van der Waals surface area contributed by atoms with E-state index in [4.69, 9.17) is 32.9 Å². The zero-order valence-electron chi connectivity index (χ0n) is 33.6. The molecule has 0 aromatic carbocycles. The van der Waals surface area contributed by atoms with E-state index in [1.54, 1.807) is 0 Å². The first-order valence-corrected chi connectivity index (χ1v) is 4.71. The van der Waals surface area contributed by atoms with Gasteiger partial charge in [0.15, 0.2) is 6.27 Å². The SMILES string of the molecule is [2H]C([2H])([2H])C([2H])([2H])C([2H])([2H])C([2H])([2H])C([2H])([2H])C([2H])([2H])C([2H])([2H])C([2H])([2H])OC1([2H])O[C@]([2H])(C([2H])([2H])O)[C@@]([2H])(O)[C@]([2H])(O)[C@@]1([2H])O. The summed E-state index contributed by atoms with van der Waals surface area (Å²) in [5.41, 5.74) is 0. The van der Waals surface area contributed by atoms with E-state index in [-0.39, 0.29) is 0 Å². The lowest BCUT2D eigenvalue weighted by atomic mass is 9.99. The van der Waals surface area contributed by atoms with Crippen LogP contribution in [-0.4, -0.2) is 64.1 Å². The minimum atomic E-state index is -4.90. The molecule has 0 aromatic rings. The highest BCUT2D eigenvalue weighted by molar-refractivity contribution is 4.88. The Labute approximate surface area is 154 Å². The first-order chi connectivity index (χ1) is 18.4. The molecule has 0 amide bonds. The molecular weight excluding hydrogens is 264 g/mol. The molecule has 6 nitrogen and oxygen atoms in total. The van der Waals surface area contributed by atoms with E-state index in [9.17, 15) is 20.4 Å². The van der Waals surface area contributed by atoms with Crippen LogP contribution in [0.4, 0.5) is 0 Å². The topological polar surface area (TPSA) is 99.4 Å². The lowest BCUT2D eigenvalue weighted by Gasteiger charge is -2.39. The average molecular weight is 317 g/mol. The van der Waals surface area contributed by atoms with Gasteiger partial charge in [-0.25, -0.2) is 0 Å². The lowest BCUT2D eigenvalue weighted by molar-refractivity contribution is -0.301. The molecule has 5 atom stereocenters. The Balaban J connectivity index is 3.92. The monoisotopic (exact) mass is 316 g/mol. The average Bonchev–Trinajstić information content (AvgIpc) is 2.74. The van der Waals surface area contributed by atoms with Gasteiger partial charge < -0.3 is 29.9 Å². The third-order valence-electron chi connectivity index (χ3n) is 1.66. The molecule has 0 bridgehead atoms. The lowest BCUT2D eigenvalue weighted by Crippen LogP contribution is -2.59. The van der Waals surface area contributed by atoms with Gasteiger partial charge in [-0.3, -0.25) is 0 Å². The van der Waals surface area contributed by atoms with Crippen LogP contribution in [0.1, 0.15) is 78.0 Å². The summed E-state index contributed by atoms with van der Waals surface area (Å²) in [4.78, 5) is 0. The zero-order chi connectivity index (χ0) is 36.4. The van der Waals surface area contributed by atoms with Gasteiger partial charge in [-0.15, -0.1) is 0 Å². The molecule has 20 heavy (non-hydrogen) atoms. The van der Waals surface area contributed by atoms with E-state index >= 15 is 0 Å². The quantitative estimate of drug-likeness (QED) is 0.484. The molecule has 0 aromatic heterocycles. The molecule has 0 saturated carbocycles. The largest absolute Gasteiger partial charge is 0.394 e. The summed E-state index contributed by atoms with van der Waals surface area (Å²) < 4.78 is 193. The first-order valence-electron chi connectivity index (χ1n) is 16.7. The van der Waals surface area contributed by atoms with Gasteiger partial charge in [0.25, 0.3) is 0 Å². The zero-order valence-corrected chi connectivity index (χ0v) is 9.61. The maximum Gasteiger partial charge on any atom is 0.186 e. The van der Waals surface area contributed by atoms with Gasteiger partial charge >= 0.3 is 0 Å². The molecule has 1 aliphatic heterocycles. The molecule has 120 valence electrons. The summed E-state index contributed by atoms with van der Waals surface area (Å²) in [7, 11) is 0. The van der Waals surface area contributed by atoms with Crippen molar-refractivity contribution in [2.24, 2.45) is 0 Å². The van der Waals surface area contributed by atoms with Crippen molar-refractivity contribution < 1.29 is 62.8 Å². The molecule has 1 saturated heterocycles. The summed E-state index contributed by atoms with van der Waals surface area (Å²) in [5, 5.41) is 40.6. The highest BCUT2D eigenvalue weighted by Crippen LogP contribution is 2.22. The van der Waals surface area contributed by atoms with Crippen LogP contribution in [0.15, 0.2) is 0 Å². The summed E-state index contributed by atoms with van der Waals surface area (Å²) >= 11 is 0. The van der Waals surface area contributed by atoms with Crippen LogP contribution >= 0.6 is 0 Å². The fourth-order valence-corrected chi connectivity index (χ4v) is 0.873. The second kappa shape index (κ2) is 9.65. The van der Waals surface area contributed by atoms with Crippen LogP contribution in [-0.2, 0) is 9.47 Å². The minimum absolute atomic E-state index is 4.05. The van der Waals surface area contributed by atoms with Crippen molar-refractivity contribution in [3.8, 4) is 0 Å². The molecule has 4 N–H and O–H groups in total. The number of ether oxygens (including phenoxy) is 2. The van der Waals surface area contributed by atoms with Crippen molar-refractivity contribution in [2.75, 3.05) is 13.1 Å². The van der Waals surface area contributed by atoms with Crippen molar-refractivity contribution in [1.29, 1.82) is 0 Å². The molecule has 0 spiro atoms. The molecule has 1 rings (SSSR count). The summed E-state index contributed by atoms with van der Waals surface area (Å²) in [6.07, 6.45) is -52.1. The van der Waals surface area contributed by atoms with E-state index in [2.05, 4.69) is 9.47 Å². The van der Waals surface area contributed by atoms with Crippen LogP contribution in [0.25, 0.3) is 0 Å². The number of hydrogen-bond donors (Lipinski definition) is 4. The molecule has 1 unspecified atom stereocenters. The third kappa shape index (κ3) is 5.27. The predicted octanol–water partition coefficient (Wildman–Crippen LogP) is 0.163. The minimum Gasteiger partial charge on any atom is -0.394 e. The van der Waals surface area contributed by atoms with E-state index in [0.717, 1.165) is 0 Å². The highest BCUT2D eigenvalue weighted by atomic mass is 16.7. The van der Waals surface area contributed by atoms with Crippen molar-refractivity contribution in [2.45, 2.75) is 75.7 Å². The number of hydrogen-bond acceptors (Lipinski definition) is 6. The van der Waals surface area contributed by atoms with Crippen LogP contribution in [0.2, 0.25) is 0 Å². The van der Waals surface area contributed by atoms with Gasteiger partial charge in [-0.1, -0.05) is 38.7 Å². The van der Waals surface area contributed by atoms with Gasteiger partial charge in [0, 0.05) is 27.1 Å². The standard InChI is InChI=1S/C14H28O6/c1-2-3-4-5-6-7-8-19-14-13(18)12(17)11(16)10(9-15)20-14/h10-18H,2-9H2,1H3/t10-,11-,12+,13-,14?/m1/s1/i1D3,2D2,3D2,4D2,5D2,6D2,7D2,8D2,9D2,10D,11D,12D,13D,14D. The van der Waals surface area contributed by atoms with Gasteiger partial charge in [-0.2, -0.15) is 0 Å². The fraction of sp³-hybridized carbons (Fsp3) is 1.00. The molecule has 0 radical (unpaired) electrons. The Morgan fingerprint density at radius 2 is 1.80 bits per heavy atom. The van der Waals surface area contributed by atoms with E-state index in [1.807, 2.05) is 0 Å². The van der Waals surface area contributed by atoms with Crippen molar-refractivity contribution in [3.63, 3.8) is 0 Å². The van der Waals surface area contributed by atoms with E-state index < -0.39 is 88.8 Å². The van der Waals surface area contributed by atoms with Crippen LogP contribution in [0, 0.1) is 0 Å². The van der Waals surface area contributed by atoms with Gasteiger partial charge in [0.2, 0.25) is 0 Å². The van der Waals surface area contributed by atoms with Crippen molar-refractivity contribution >= 4 is 0 Å². The van der Waals surface area contributed by atoms with Gasteiger partial charge in [-0.05, 0) is 6.37 Å². The smallest absolute Gasteiger partial charge is 0.186 e. The Kier molecular flexibility index (Phi) is 1.75. The third-order valence-corrected chi connectivity index (χ3v) is 1.66. The fourth-order valence-electron chi connectivity index (χ4n) is 0.873. The second-order valence-electron chi connectivity index (χ2n) is 2.83. The van der Waals surface area contributed by atoms with Crippen molar-refractivity contribution in [1.82, 2.24) is 0 Å². The van der Waals surface area contributed by atoms with Gasteiger partial charge in [0.05, 0.1) is 18.9 Å². The van der Waals surface area contributed by atoms with Gasteiger partial charge in [0.1, 0.15) is 24.3 Å². The maximum absolute atomic E-state index is 10.4.